The molecule has 0 aliphatic carbocycles. The Bertz CT molecular complexity index is 1440. The van der Waals surface area contributed by atoms with Crippen molar-refractivity contribution in [3.8, 4) is 11.5 Å². The molecule has 0 heterocycles. The standard InChI is InChI=1S/C30H36ClN3O6S/c1-5-17-32-30(36)27(6-2)33(20-22-11-10-12-24(18-22)39-3)29(35)21-34(23-15-16-28(40-4)26(31)19-23)41(37,38)25-13-8-7-9-14-25/h7-16,18-19,27H,5-6,17,20-21H2,1-4H3,(H,32,36)/t27-/m1/s1. The van der Waals surface area contributed by atoms with Crippen LogP contribution in [0.4, 0.5) is 5.69 Å². The summed E-state index contributed by atoms with van der Waals surface area (Å²) < 4.78 is 39.4. The lowest BCUT2D eigenvalue weighted by Gasteiger charge is -2.33. The summed E-state index contributed by atoms with van der Waals surface area (Å²) in [6, 6.07) is 18.7. The predicted octanol–water partition coefficient (Wildman–Crippen LogP) is 4.89. The van der Waals surface area contributed by atoms with E-state index in [4.69, 9.17) is 21.1 Å². The molecule has 2 amide bonds. The predicted molar refractivity (Wildman–Crippen MR) is 160 cm³/mol. The van der Waals surface area contributed by atoms with Crippen molar-refractivity contribution in [2.45, 2.75) is 44.2 Å². The van der Waals surface area contributed by atoms with Gasteiger partial charge in [0.25, 0.3) is 10.0 Å². The molecule has 220 valence electrons. The molecule has 0 bridgehead atoms. The zero-order valence-corrected chi connectivity index (χ0v) is 25.2. The monoisotopic (exact) mass is 601 g/mol. The molecule has 9 nitrogen and oxygen atoms in total. The summed E-state index contributed by atoms with van der Waals surface area (Å²) in [5.41, 5.74) is 0.905. The lowest BCUT2D eigenvalue weighted by molar-refractivity contribution is -0.140. The minimum absolute atomic E-state index is 0.00631. The van der Waals surface area contributed by atoms with Gasteiger partial charge in [-0.1, -0.05) is 55.8 Å². The van der Waals surface area contributed by atoms with E-state index in [0.717, 1.165) is 16.3 Å². The molecule has 3 aromatic carbocycles. The van der Waals surface area contributed by atoms with Crippen LogP contribution in [0.15, 0.2) is 77.7 Å². The molecule has 0 spiro atoms. The summed E-state index contributed by atoms with van der Waals surface area (Å²) in [6.07, 6.45) is 1.05. The van der Waals surface area contributed by atoms with Gasteiger partial charge in [-0.3, -0.25) is 13.9 Å². The van der Waals surface area contributed by atoms with Gasteiger partial charge in [-0.2, -0.15) is 0 Å². The van der Waals surface area contributed by atoms with Crippen molar-refractivity contribution >= 4 is 39.1 Å². The summed E-state index contributed by atoms with van der Waals surface area (Å²) in [7, 11) is -1.21. The Morgan fingerprint density at radius 3 is 2.29 bits per heavy atom. The molecule has 0 radical (unpaired) electrons. The van der Waals surface area contributed by atoms with E-state index < -0.39 is 28.5 Å². The molecule has 3 aromatic rings. The van der Waals surface area contributed by atoms with Crippen LogP contribution in [0.3, 0.4) is 0 Å². The van der Waals surface area contributed by atoms with E-state index in [2.05, 4.69) is 5.32 Å². The third-order valence-corrected chi connectivity index (χ3v) is 8.54. The zero-order chi connectivity index (χ0) is 30.0. The summed E-state index contributed by atoms with van der Waals surface area (Å²) in [5, 5.41) is 3.05. The number of nitrogens with zero attached hydrogens (tertiary/aromatic N) is 2. The Morgan fingerprint density at radius 2 is 1.68 bits per heavy atom. The maximum Gasteiger partial charge on any atom is 0.264 e. The van der Waals surface area contributed by atoms with Gasteiger partial charge in [0.1, 0.15) is 24.1 Å². The molecule has 3 rings (SSSR count). The molecule has 1 N–H and O–H groups in total. The Morgan fingerprint density at radius 1 is 0.951 bits per heavy atom. The van der Waals surface area contributed by atoms with Gasteiger partial charge in [-0.25, -0.2) is 8.42 Å². The average Bonchev–Trinajstić information content (AvgIpc) is 2.98. The first-order chi connectivity index (χ1) is 19.7. The third kappa shape index (κ3) is 7.92. The fraction of sp³-hybridized carbons (Fsp3) is 0.333. The number of amides is 2. The molecule has 0 unspecified atom stereocenters. The lowest BCUT2D eigenvalue weighted by Crippen LogP contribution is -2.52. The van der Waals surface area contributed by atoms with Crippen molar-refractivity contribution in [3.05, 3.63) is 83.4 Å². The summed E-state index contributed by atoms with van der Waals surface area (Å²) >= 11 is 6.36. The maximum atomic E-state index is 14.1. The van der Waals surface area contributed by atoms with Crippen molar-refractivity contribution in [2.24, 2.45) is 0 Å². The Kier molecular flexibility index (Phi) is 11.4. The molecule has 41 heavy (non-hydrogen) atoms. The van der Waals surface area contributed by atoms with Gasteiger partial charge < -0.3 is 19.7 Å². The molecule has 0 saturated carbocycles. The average molecular weight is 602 g/mol. The van der Waals surface area contributed by atoms with Crippen LogP contribution in [-0.4, -0.2) is 58.5 Å². The summed E-state index contributed by atoms with van der Waals surface area (Å²) in [5.74, 6) is 0.0879. The molecule has 0 aliphatic heterocycles. The largest absolute Gasteiger partial charge is 0.497 e. The van der Waals surface area contributed by atoms with E-state index in [1.54, 1.807) is 43.5 Å². The third-order valence-electron chi connectivity index (χ3n) is 6.46. The Hall–Kier alpha value is -3.76. The molecule has 0 saturated heterocycles. The molecule has 1 atom stereocenters. The fourth-order valence-electron chi connectivity index (χ4n) is 4.31. The first kappa shape index (κ1) is 31.8. The van der Waals surface area contributed by atoms with Crippen LogP contribution in [0, 0.1) is 0 Å². The Balaban J connectivity index is 2.08. The van der Waals surface area contributed by atoms with E-state index in [1.165, 1.54) is 42.3 Å². The van der Waals surface area contributed by atoms with E-state index in [-0.39, 0.29) is 28.1 Å². The number of halogens is 1. The second kappa shape index (κ2) is 14.7. The van der Waals surface area contributed by atoms with Crippen LogP contribution in [0.2, 0.25) is 5.02 Å². The van der Waals surface area contributed by atoms with Crippen LogP contribution >= 0.6 is 11.6 Å². The number of nitrogens with one attached hydrogen (secondary N) is 1. The van der Waals surface area contributed by atoms with Gasteiger partial charge in [0.15, 0.2) is 0 Å². The van der Waals surface area contributed by atoms with Gasteiger partial charge in [0.05, 0.1) is 29.8 Å². The smallest absolute Gasteiger partial charge is 0.264 e. The van der Waals surface area contributed by atoms with Gasteiger partial charge in [-0.05, 0) is 60.9 Å². The maximum absolute atomic E-state index is 14.1. The van der Waals surface area contributed by atoms with Crippen molar-refractivity contribution in [3.63, 3.8) is 0 Å². The number of hydrogen-bond donors (Lipinski definition) is 1. The number of methoxy groups -OCH3 is 2. The lowest BCUT2D eigenvalue weighted by atomic mass is 10.1. The first-order valence-electron chi connectivity index (χ1n) is 13.3. The topological polar surface area (TPSA) is 105 Å². The number of hydrogen-bond acceptors (Lipinski definition) is 6. The van der Waals surface area contributed by atoms with E-state index in [1.807, 2.05) is 19.9 Å². The normalized spacial score (nSPS) is 11.8. The van der Waals surface area contributed by atoms with Gasteiger partial charge in [-0.15, -0.1) is 0 Å². The van der Waals surface area contributed by atoms with Crippen molar-refractivity contribution in [2.75, 3.05) is 31.6 Å². The number of benzene rings is 3. The van der Waals surface area contributed by atoms with Crippen molar-refractivity contribution in [1.29, 1.82) is 0 Å². The number of sulfonamides is 1. The summed E-state index contributed by atoms with van der Waals surface area (Å²) in [4.78, 5) is 28.7. The van der Waals surface area contributed by atoms with Crippen LogP contribution in [-0.2, 0) is 26.2 Å². The van der Waals surface area contributed by atoms with Crippen molar-refractivity contribution in [1.82, 2.24) is 10.2 Å². The van der Waals surface area contributed by atoms with Crippen LogP contribution in [0.1, 0.15) is 32.3 Å². The molecule has 11 heteroatoms. The molecule has 0 aliphatic rings. The fourth-order valence-corrected chi connectivity index (χ4v) is 5.99. The highest BCUT2D eigenvalue weighted by atomic mass is 35.5. The number of anilines is 1. The van der Waals surface area contributed by atoms with Crippen LogP contribution in [0.25, 0.3) is 0 Å². The van der Waals surface area contributed by atoms with Crippen LogP contribution < -0.4 is 19.1 Å². The first-order valence-corrected chi connectivity index (χ1v) is 15.1. The SMILES string of the molecule is CCCNC(=O)[C@@H](CC)N(Cc1cccc(OC)c1)C(=O)CN(c1ccc(OC)c(Cl)c1)S(=O)(=O)c1ccccc1. The molecular weight excluding hydrogens is 566 g/mol. The van der Waals surface area contributed by atoms with Gasteiger partial charge in [0.2, 0.25) is 11.8 Å². The molecule has 0 aromatic heterocycles. The van der Waals surface area contributed by atoms with Gasteiger partial charge in [0, 0.05) is 13.1 Å². The molecular formula is C30H36ClN3O6S. The van der Waals surface area contributed by atoms with Crippen molar-refractivity contribution < 1.29 is 27.5 Å². The Labute approximate surface area is 247 Å². The minimum atomic E-state index is -4.20. The van der Waals surface area contributed by atoms with E-state index in [9.17, 15) is 18.0 Å². The van der Waals surface area contributed by atoms with Crippen LogP contribution in [0.5, 0.6) is 11.5 Å². The number of ether oxygens (including phenoxy) is 2. The number of carbonyl (C=O) groups excluding carboxylic acids is 2. The highest BCUT2D eigenvalue weighted by Crippen LogP contribution is 2.32. The van der Waals surface area contributed by atoms with Gasteiger partial charge >= 0.3 is 0 Å². The highest BCUT2D eigenvalue weighted by molar-refractivity contribution is 7.92. The number of rotatable bonds is 14. The van der Waals surface area contributed by atoms with E-state index in [0.29, 0.717) is 24.5 Å². The second-order valence-corrected chi connectivity index (χ2v) is 11.5. The summed E-state index contributed by atoms with van der Waals surface area (Å²) in [6.45, 7) is 3.70. The number of carbonyl (C=O) groups is 2. The molecule has 0 fully saturated rings. The minimum Gasteiger partial charge on any atom is -0.497 e. The van der Waals surface area contributed by atoms with E-state index >= 15 is 0 Å². The quantitative estimate of drug-likeness (QED) is 0.282. The second-order valence-electron chi connectivity index (χ2n) is 9.23. The zero-order valence-electron chi connectivity index (χ0n) is 23.7. The highest BCUT2D eigenvalue weighted by Gasteiger charge is 2.33.